The highest BCUT2D eigenvalue weighted by molar-refractivity contribution is 4.99. The van der Waals surface area contributed by atoms with E-state index in [0.717, 1.165) is 24.2 Å². The predicted molar refractivity (Wildman–Crippen MR) is 52.3 cm³/mol. The second-order valence-electron chi connectivity index (χ2n) is 5.43. The number of hydrogen-bond acceptors (Lipinski definition) is 1. The van der Waals surface area contributed by atoms with Crippen molar-refractivity contribution in [1.29, 1.82) is 0 Å². The fourth-order valence-electron chi connectivity index (χ4n) is 4.42. The lowest BCUT2D eigenvalue weighted by atomic mass is 9.77. The largest absolute Gasteiger partial charge is 0.393 e. The Morgan fingerprint density at radius 3 is 2.62 bits per heavy atom. The SMILES string of the molecule is OC1CCC2CC3CCCCC3C12. The first-order valence-corrected chi connectivity index (χ1v) is 6.04. The first-order valence-electron chi connectivity index (χ1n) is 6.04. The fraction of sp³-hybridized carbons (Fsp3) is 1.00. The molecule has 3 fully saturated rings. The van der Waals surface area contributed by atoms with Gasteiger partial charge in [-0.25, -0.2) is 0 Å². The molecule has 0 spiro atoms. The van der Waals surface area contributed by atoms with Gasteiger partial charge in [0.25, 0.3) is 0 Å². The van der Waals surface area contributed by atoms with Crippen molar-refractivity contribution in [2.75, 3.05) is 0 Å². The highest BCUT2D eigenvalue weighted by atomic mass is 16.3. The molecule has 5 atom stereocenters. The van der Waals surface area contributed by atoms with Crippen LogP contribution in [0, 0.1) is 23.7 Å². The van der Waals surface area contributed by atoms with Crippen LogP contribution in [0.1, 0.15) is 44.9 Å². The Kier molecular flexibility index (Phi) is 1.90. The molecule has 1 N–H and O–H groups in total. The van der Waals surface area contributed by atoms with Crippen LogP contribution in [-0.4, -0.2) is 11.2 Å². The molecule has 1 nitrogen and oxygen atoms in total. The molecule has 3 saturated carbocycles. The third-order valence-corrected chi connectivity index (χ3v) is 4.89. The van der Waals surface area contributed by atoms with Crippen LogP contribution < -0.4 is 0 Å². The van der Waals surface area contributed by atoms with Gasteiger partial charge in [0.15, 0.2) is 0 Å². The molecule has 5 unspecified atom stereocenters. The molecule has 0 heterocycles. The molecular formula is C12H20O. The second-order valence-corrected chi connectivity index (χ2v) is 5.43. The Hall–Kier alpha value is -0.0400. The van der Waals surface area contributed by atoms with Crippen molar-refractivity contribution >= 4 is 0 Å². The molecule has 3 aliphatic carbocycles. The van der Waals surface area contributed by atoms with Crippen LogP contribution >= 0.6 is 0 Å². The third-order valence-electron chi connectivity index (χ3n) is 4.89. The molecule has 0 bridgehead atoms. The van der Waals surface area contributed by atoms with E-state index in [2.05, 4.69) is 0 Å². The lowest BCUT2D eigenvalue weighted by Gasteiger charge is -2.30. The topological polar surface area (TPSA) is 20.2 Å². The summed E-state index contributed by atoms with van der Waals surface area (Å²) in [5, 5.41) is 9.94. The average Bonchev–Trinajstić information content (AvgIpc) is 2.66. The minimum absolute atomic E-state index is 0.0677. The lowest BCUT2D eigenvalue weighted by molar-refractivity contribution is 0.0785. The molecule has 0 aromatic rings. The van der Waals surface area contributed by atoms with E-state index in [-0.39, 0.29) is 6.10 Å². The molecule has 0 aromatic heterocycles. The van der Waals surface area contributed by atoms with E-state index in [0.29, 0.717) is 5.92 Å². The van der Waals surface area contributed by atoms with Gasteiger partial charge < -0.3 is 5.11 Å². The van der Waals surface area contributed by atoms with Crippen LogP contribution in [0.5, 0.6) is 0 Å². The molecule has 0 aliphatic heterocycles. The maximum absolute atomic E-state index is 9.94. The summed E-state index contributed by atoms with van der Waals surface area (Å²) in [7, 11) is 0. The summed E-state index contributed by atoms with van der Waals surface area (Å²) < 4.78 is 0. The number of rotatable bonds is 0. The van der Waals surface area contributed by atoms with Crippen LogP contribution in [-0.2, 0) is 0 Å². The van der Waals surface area contributed by atoms with Gasteiger partial charge in [0.05, 0.1) is 6.10 Å². The lowest BCUT2D eigenvalue weighted by Crippen LogP contribution is -2.26. The highest BCUT2D eigenvalue weighted by Crippen LogP contribution is 2.55. The van der Waals surface area contributed by atoms with Crippen LogP contribution in [0.3, 0.4) is 0 Å². The second kappa shape index (κ2) is 2.98. The van der Waals surface area contributed by atoms with Gasteiger partial charge in [0.2, 0.25) is 0 Å². The Balaban J connectivity index is 1.81. The molecule has 3 rings (SSSR count). The fourth-order valence-corrected chi connectivity index (χ4v) is 4.42. The van der Waals surface area contributed by atoms with Gasteiger partial charge in [-0.05, 0) is 49.4 Å². The van der Waals surface area contributed by atoms with E-state index >= 15 is 0 Å². The molecule has 3 aliphatic rings. The summed E-state index contributed by atoms with van der Waals surface area (Å²) in [4.78, 5) is 0. The van der Waals surface area contributed by atoms with E-state index in [1.807, 2.05) is 0 Å². The smallest absolute Gasteiger partial charge is 0.0573 e. The van der Waals surface area contributed by atoms with Crippen molar-refractivity contribution in [2.45, 2.75) is 51.0 Å². The van der Waals surface area contributed by atoms with Gasteiger partial charge >= 0.3 is 0 Å². The summed E-state index contributed by atoms with van der Waals surface area (Å²) >= 11 is 0. The van der Waals surface area contributed by atoms with Crippen molar-refractivity contribution in [2.24, 2.45) is 23.7 Å². The average molecular weight is 180 g/mol. The highest BCUT2D eigenvalue weighted by Gasteiger charge is 2.49. The maximum atomic E-state index is 9.94. The number of fused-ring (bicyclic) bond motifs is 3. The summed E-state index contributed by atoms with van der Waals surface area (Å²) in [6.07, 6.45) is 9.70. The Morgan fingerprint density at radius 1 is 0.846 bits per heavy atom. The van der Waals surface area contributed by atoms with Gasteiger partial charge in [-0.1, -0.05) is 19.3 Å². The summed E-state index contributed by atoms with van der Waals surface area (Å²) in [5.74, 6) is 3.53. The van der Waals surface area contributed by atoms with Crippen molar-refractivity contribution < 1.29 is 5.11 Å². The van der Waals surface area contributed by atoms with E-state index < -0.39 is 0 Å². The van der Waals surface area contributed by atoms with Crippen molar-refractivity contribution in [3.63, 3.8) is 0 Å². The zero-order chi connectivity index (χ0) is 8.84. The van der Waals surface area contributed by atoms with Crippen LogP contribution in [0.2, 0.25) is 0 Å². The van der Waals surface area contributed by atoms with E-state index in [1.165, 1.54) is 38.5 Å². The Bertz CT molecular complexity index is 199. The summed E-state index contributed by atoms with van der Waals surface area (Å²) in [6, 6.07) is 0. The molecule has 74 valence electrons. The predicted octanol–water partition coefficient (Wildman–Crippen LogP) is 2.58. The number of hydrogen-bond donors (Lipinski definition) is 1. The monoisotopic (exact) mass is 180 g/mol. The third kappa shape index (κ3) is 1.16. The number of aliphatic hydroxyl groups excluding tert-OH is 1. The minimum atomic E-state index is 0.0677. The van der Waals surface area contributed by atoms with Gasteiger partial charge in [0, 0.05) is 0 Å². The van der Waals surface area contributed by atoms with E-state index in [1.54, 1.807) is 0 Å². The normalized spacial score (nSPS) is 54.7. The van der Waals surface area contributed by atoms with Crippen molar-refractivity contribution in [3.8, 4) is 0 Å². The quantitative estimate of drug-likeness (QED) is 0.607. The zero-order valence-corrected chi connectivity index (χ0v) is 8.28. The summed E-state index contributed by atoms with van der Waals surface area (Å²) in [6.45, 7) is 0. The molecular weight excluding hydrogens is 160 g/mol. The molecule has 0 amide bonds. The standard InChI is InChI=1S/C12H20O/c13-11-6-5-9-7-8-3-1-2-4-10(8)12(9)11/h8-13H,1-7H2. The zero-order valence-electron chi connectivity index (χ0n) is 8.28. The molecule has 1 heteroatoms. The molecule has 0 saturated heterocycles. The van der Waals surface area contributed by atoms with E-state index in [4.69, 9.17) is 0 Å². The Morgan fingerprint density at radius 2 is 1.69 bits per heavy atom. The van der Waals surface area contributed by atoms with Crippen molar-refractivity contribution in [1.82, 2.24) is 0 Å². The van der Waals surface area contributed by atoms with Gasteiger partial charge in [-0.15, -0.1) is 0 Å². The van der Waals surface area contributed by atoms with E-state index in [9.17, 15) is 5.11 Å². The van der Waals surface area contributed by atoms with Gasteiger partial charge in [0.1, 0.15) is 0 Å². The van der Waals surface area contributed by atoms with Gasteiger partial charge in [-0.2, -0.15) is 0 Å². The molecule has 0 aromatic carbocycles. The number of aliphatic hydroxyl groups is 1. The minimum Gasteiger partial charge on any atom is -0.393 e. The molecule has 13 heavy (non-hydrogen) atoms. The van der Waals surface area contributed by atoms with Crippen molar-refractivity contribution in [3.05, 3.63) is 0 Å². The first kappa shape index (κ1) is 8.28. The van der Waals surface area contributed by atoms with Crippen LogP contribution in [0.4, 0.5) is 0 Å². The first-order chi connectivity index (χ1) is 6.36. The molecule has 0 radical (unpaired) electrons. The van der Waals surface area contributed by atoms with Crippen LogP contribution in [0.15, 0.2) is 0 Å². The van der Waals surface area contributed by atoms with Gasteiger partial charge in [-0.3, -0.25) is 0 Å². The maximum Gasteiger partial charge on any atom is 0.0573 e. The summed E-state index contributed by atoms with van der Waals surface area (Å²) in [5.41, 5.74) is 0. The van der Waals surface area contributed by atoms with Crippen LogP contribution in [0.25, 0.3) is 0 Å². The Labute approximate surface area is 80.5 Å².